The zero-order valence-corrected chi connectivity index (χ0v) is 8.24. The molecule has 1 aromatic heterocycles. The van der Waals surface area contributed by atoms with Crippen molar-refractivity contribution in [3.63, 3.8) is 0 Å². The maximum Gasteiger partial charge on any atom is 0.348 e. The van der Waals surface area contributed by atoms with Gasteiger partial charge in [0, 0.05) is 5.56 Å². The molecule has 0 bridgehead atoms. The van der Waals surface area contributed by atoms with Gasteiger partial charge in [0.2, 0.25) is 0 Å². The number of nitrogens with two attached hydrogens (primary N) is 1. The molecule has 1 aromatic rings. The maximum absolute atomic E-state index is 13.1. The molecule has 0 saturated carbocycles. The highest BCUT2D eigenvalue weighted by atomic mass is 32.1. The molecule has 3 nitrogen and oxygen atoms in total. The molecule has 0 atom stereocenters. The first-order valence-electron chi connectivity index (χ1n) is 3.77. The molecule has 78 valence electrons. The molecule has 1 rings (SSSR count). The van der Waals surface area contributed by atoms with Gasteiger partial charge in [-0.1, -0.05) is 0 Å². The number of esters is 1. The Morgan fingerprint density at radius 1 is 1.71 bits per heavy atom. The second-order valence-electron chi connectivity index (χ2n) is 2.56. The number of carbonyl (C=O) groups excluding carboxylic acids is 1. The second kappa shape index (κ2) is 4.02. The summed E-state index contributed by atoms with van der Waals surface area (Å²) in [4.78, 5) is 11.0. The summed E-state index contributed by atoms with van der Waals surface area (Å²) in [6.45, 7) is -0.826. The van der Waals surface area contributed by atoms with Crippen molar-refractivity contribution in [3.05, 3.63) is 21.9 Å². The van der Waals surface area contributed by atoms with Crippen LogP contribution in [0.15, 0.2) is 11.4 Å². The summed E-state index contributed by atoms with van der Waals surface area (Å²) < 4.78 is 30.7. The molecule has 0 aliphatic carbocycles. The van der Waals surface area contributed by atoms with Crippen molar-refractivity contribution in [2.75, 3.05) is 13.7 Å². The van der Waals surface area contributed by atoms with Crippen LogP contribution in [0.2, 0.25) is 0 Å². The summed E-state index contributed by atoms with van der Waals surface area (Å²) in [5.41, 5.74) is 4.55. The highest BCUT2D eigenvalue weighted by molar-refractivity contribution is 7.12. The lowest BCUT2D eigenvalue weighted by molar-refractivity contribution is 0.00454. The summed E-state index contributed by atoms with van der Waals surface area (Å²) in [6.07, 6.45) is 0. The first kappa shape index (κ1) is 11.1. The van der Waals surface area contributed by atoms with Crippen molar-refractivity contribution in [3.8, 4) is 0 Å². The van der Waals surface area contributed by atoms with E-state index >= 15 is 0 Å². The molecule has 1 heterocycles. The van der Waals surface area contributed by atoms with Crippen LogP contribution in [0.4, 0.5) is 8.78 Å². The largest absolute Gasteiger partial charge is 0.465 e. The van der Waals surface area contributed by atoms with Gasteiger partial charge in [-0.25, -0.2) is 4.79 Å². The fourth-order valence-electron chi connectivity index (χ4n) is 0.958. The maximum atomic E-state index is 13.1. The number of hydrogen-bond donors (Lipinski definition) is 1. The molecule has 0 unspecified atom stereocenters. The Morgan fingerprint density at radius 2 is 2.36 bits per heavy atom. The summed E-state index contributed by atoms with van der Waals surface area (Å²) in [7, 11) is 1.15. The Labute approximate surface area is 83.5 Å². The van der Waals surface area contributed by atoms with E-state index in [1.165, 1.54) is 11.4 Å². The molecule has 14 heavy (non-hydrogen) atoms. The minimum atomic E-state index is -3.18. The van der Waals surface area contributed by atoms with Gasteiger partial charge in [-0.3, -0.25) is 0 Å². The van der Waals surface area contributed by atoms with E-state index in [0.29, 0.717) is 0 Å². The number of rotatable bonds is 3. The molecule has 0 amide bonds. The van der Waals surface area contributed by atoms with E-state index in [-0.39, 0.29) is 10.4 Å². The van der Waals surface area contributed by atoms with Gasteiger partial charge >= 0.3 is 5.97 Å². The normalized spacial score (nSPS) is 11.4. The van der Waals surface area contributed by atoms with Crippen LogP contribution in [0.3, 0.4) is 0 Å². The molecule has 0 radical (unpaired) electrons. The quantitative estimate of drug-likeness (QED) is 0.788. The third kappa shape index (κ3) is 1.91. The van der Waals surface area contributed by atoms with Gasteiger partial charge in [-0.2, -0.15) is 8.78 Å². The van der Waals surface area contributed by atoms with Crippen molar-refractivity contribution >= 4 is 17.3 Å². The number of thiophene rings is 1. The molecule has 0 fully saturated rings. The minimum absolute atomic E-state index is 0.0945. The molecule has 6 heteroatoms. The van der Waals surface area contributed by atoms with Crippen molar-refractivity contribution in [2.45, 2.75) is 5.92 Å². The van der Waals surface area contributed by atoms with Gasteiger partial charge in [0.05, 0.1) is 13.7 Å². The van der Waals surface area contributed by atoms with E-state index in [1.54, 1.807) is 0 Å². The Kier molecular flexibility index (Phi) is 3.17. The molecule has 0 spiro atoms. The summed E-state index contributed by atoms with van der Waals surface area (Å²) in [6, 6.07) is 1.18. The molecule has 2 N–H and O–H groups in total. The van der Waals surface area contributed by atoms with Gasteiger partial charge < -0.3 is 10.5 Å². The Morgan fingerprint density at radius 3 is 2.86 bits per heavy atom. The first-order chi connectivity index (χ1) is 6.53. The second-order valence-corrected chi connectivity index (χ2v) is 3.48. The van der Waals surface area contributed by atoms with Gasteiger partial charge in [0.1, 0.15) is 4.88 Å². The van der Waals surface area contributed by atoms with Gasteiger partial charge in [-0.05, 0) is 11.4 Å². The van der Waals surface area contributed by atoms with Crippen molar-refractivity contribution in [1.82, 2.24) is 0 Å². The van der Waals surface area contributed by atoms with E-state index in [0.717, 1.165) is 18.4 Å². The lowest BCUT2D eigenvalue weighted by atomic mass is 10.1. The first-order valence-corrected chi connectivity index (χ1v) is 4.65. The van der Waals surface area contributed by atoms with Crippen molar-refractivity contribution < 1.29 is 18.3 Å². The van der Waals surface area contributed by atoms with E-state index in [4.69, 9.17) is 5.73 Å². The lowest BCUT2D eigenvalue weighted by Crippen LogP contribution is -2.26. The number of ether oxygens (including phenoxy) is 1. The zero-order chi connectivity index (χ0) is 10.8. The zero-order valence-electron chi connectivity index (χ0n) is 7.42. The van der Waals surface area contributed by atoms with Gasteiger partial charge in [-0.15, -0.1) is 11.3 Å². The molecular formula is C8H9F2NO2S. The van der Waals surface area contributed by atoms with Crippen LogP contribution in [0, 0.1) is 0 Å². The number of hydrogen-bond acceptors (Lipinski definition) is 4. The molecule has 0 saturated heterocycles. The van der Waals surface area contributed by atoms with E-state index in [1.807, 2.05) is 0 Å². The van der Waals surface area contributed by atoms with Gasteiger partial charge in [0.15, 0.2) is 0 Å². The third-order valence-electron chi connectivity index (χ3n) is 1.69. The minimum Gasteiger partial charge on any atom is -0.465 e. The highest BCUT2D eigenvalue weighted by Crippen LogP contribution is 2.32. The number of alkyl halides is 2. The van der Waals surface area contributed by atoms with Gasteiger partial charge in [0.25, 0.3) is 5.92 Å². The van der Waals surface area contributed by atoms with Crippen LogP contribution in [0.25, 0.3) is 0 Å². The fourth-order valence-corrected chi connectivity index (χ4v) is 1.82. The number of halogens is 2. The van der Waals surface area contributed by atoms with Crippen LogP contribution < -0.4 is 5.73 Å². The SMILES string of the molecule is COC(=O)c1sccc1C(F)(F)CN. The summed E-state index contributed by atoms with van der Waals surface area (Å²) in [5, 5.41) is 1.41. The fraction of sp³-hybridized carbons (Fsp3) is 0.375. The highest BCUT2D eigenvalue weighted by Gasteiger charge is 2.35. The smallest absolute Gasteiger partial charge is 0.348 e. The molecule has 0 aromatic carbocycles. The molecular weight excluding hydrogens is 212 g/mol. The predicted octanol–water partition coefficient (Wildman–Crippen LogP) is 1.59. The predicted molar refractivity (Wildman–Crippen MR) is 48.6 cm³/mol. The van der Waals surface area contributed by atoms with E-state index < -0.39 is 18.4 Å². The Hall–Kier alpha value is -1.01. The van der Waals surface area contributed by atoms with Crippen LogP contribution in [0.1, 0.15) is 15.2 Å². The Bertz CT molecular complexity index is 338. The monoisotopic (exact) mass is 221 g/mol. The number of carbonyl (C=O) groups is 1. The van der Waals surface area contributed by atoms with Crippen LogP contribution in [0.5, 0.6) is 0 Å². The van der Waals surface area contributed by atoms with E-state index in [9.17, 15) is 13.6 Å². The number of methoxy groups -OCH3 is 1. The summed E-state index contributed by atoms with van der Waals surface area (Å²) >= 11 is 0.914. The lowest BCUT2D eigenvalue weighted by Gasteiger charge is -2.13. The molecule has 0 aliphatic heterocycles. The standard InChI is InChI=1S/C8H9F2NO2S/c1-13-7(12)6-5(2-3-14-6)8(9,10)4-11/h2-3H,4,11H2,1H3. The van der Waals surface area contributed by atoms with Crippen molar-refractivity contribution in [2.24, 2.45) is 5.73 Å². The Balaban J connectivity index is 3.10. The van der Waals surface area contributed by atoms with E-state index in [2.05, 4.69) is 4.74 Å². The van der Waals surface area contributed by atoms with Crippen molar-refractivity contribution in [1.29, 1.82) is 0 Å². The topological polar surface area (TPSA) is 52.3 Å². The average molecular weight is 221 g/mol. The average Bonchev–Trinajstić information content (AvgIpc) is 2.65. The van der Waals surface area contributed by atoms with Crippen LogP contribution >= 0.6 is 11.3 Å². The third-order valence-corrected chi connectivity index (χ3v) is 2.58. The van der Waals surface area contributed by atoms with Crippen LogP contribution in [-0.2, 0) is 10.7 Å². The van der Waals surface area contributed by atoms with Crippen LogP contribution in [-0.4, -0.2) is 19.6 Å². The summed E-state index contributed by atoms with van der Waals surface area (Å²) in [5.74, 6) is -3.94. The molecule has 0 aliphatic rings.